The van der Waals surface area contributed by atoms with E-state index in [4.69, 9.17) is 13.9 Å². The number of methoxy groups -OCH3 is 2. The van der Waals surface area contributed by atoms with Gasteiger partial charge in [-0.2, -0.15) is 0 Å². The van der Waals surface area contributed by atoms with E-state index in [-0.39, 0.29) is 12.1 Å². The first-order chi connectivity index (χ1) is 13.2. The Balaban J connectivity index is 1.62. The summed E-state index contributed by atoms with van der Waals surface area (Å²) in [6.07, 6.45) is 2.17. The van der Waals surface area contributed by atoms with Crippen LogP contribution in [0.25, 0.3) is 10.8 Å². The molecule has 1 aromatic carbocycles. The van der Waals surface area contributed by atoms with Gasteiger partial charge in [-0.05, 0) is 56.0 Å². The van der Waals surface area contributed by atoms with Crippen LogP contribution < -0.4 is 9.47 Å². The third-order valence-corrected chi connectivity index (χ3v) is 5.98. The Morgan fingerprint density at radius 2 is 2.11 bits per heavy atom. The molecule has 0 N–H and O–H groups in total. The van der Waals surface area contributed by atoms with Crippen molar-refractivity contribution in [3.8, 4) is 22.3 Å². The van der Waals surface area contributed by atoms with E-state index in [1.165, 1.54) is 0 Å². The topological polar surface area (TPSA) is 60.6 Å². The molecule has 0 spiro atoms. The summed E-state index contributed by atoms with van der Waals surface area (Å²) in [6.45, 7) is 3.10. The molecule has 1 saturated heterocycles. The summed E-state index contributed by atoms with van der Waals surface area (Å²) in [5.74, 6) is 2.95. The van der Waals surface area contributed by atoms with Crippen molar-refractivity contribution in [2.75, 3.05) is 20.8 Å². The molecular weight excluding hydrogens is 362 g/mol. The van der Waals surface area contributed by atoms with Crippen molar-refractivity contribution >= 4 is 11.3 Å². The number of rotatable bonds is 6. The summed E-state index contributed by atoms with van der Waals surface area (Å²) in [4.78, 5) is 3.40. The molecule has 2 aromatic heterocycles. The largest absolute Gasteiger partial charge is 0.497 e. The smallest absolute Gasteiger partial charge is 0.257 e. The van der Waals surface area contributed by atoms with Crippen LogP contribution in [0.5, 0.6) is 11.5 Å². The first-order valence-corrected chi connectivity index (χ1v) is 9.94. The minimum absolute atomic E-state index is 0.0228. The van der Waals surface area contributed by atoms with Crippen LogP contribution in [0.2, 0.25) is 0 Å². The summed E-state index contributed by atoms with van der Waals surface area (Å²) in [7, 11) is 3.39. The Hall–Kier alpha value is -2.38. The number of likely N-dealkylation sites (tertiary alicyclic amines) is 1. The third-order valence-electron chi connectivity index (χ3n) is 5.12. The van der Waals surface area contributed by atoms with Crippen molar-refractivity contribution in [1.29, 1.82) is 0 Å². The molecule has 0 bridgehead atoms. The van der Waals surface area contributed by atoms with Crippen LogP contribution in [0.3, 0.4) is 0 Å². The van der Waals surface area contributed by atoms with Crippen LogP contribution >= 0.6 is 11.3 Å². The monoisotopic (exact) mass is 385 g/mol. The number of thiophene rings is 1. The average molecular weight is 385 g/mol. The maximum Gasteiger partial charge on any atom is 0.257 e. The number of aromatic nitrogens is 2. The fraction of sp³-hybridized carbons (Fsp3) is 0.400. The zero-order valence-electron chi connectivity index (χ0n) is 15.7. The van der Waals surface area contributed by atoms with Crippen molar-refractivity contribution < 1.29 is 13.9 Å². The van der Waals surface area contributed by atoms with Crippen LogP contribution in [0.15, 0.2) is 40.1 Å². The van der Waals surface area contributed by atoms with E-state index in [1.54, 1.807) is 25.6 Å². The van der Waals surface area contributed by atoms with Gasteiger partial charge in [0, 0.05) is 11.6 Å². The molecule has 4 rings (SSSR count). The Kier molecular flexibility index (Phi) is 5.13. The Labute approximate surface area is 162 Å². The number of hydrogen-bond acceptors (Lipinski definition) is 7. The van der Waals surface area contributed by atoms with E-state index < -0.39 is 0 Å². The van der Waals surface area contributed by atoms with Gasteiger partial charge < -0.3 is 13.9 Å². The summed E-state index contributed by atoms with van der Waals surface area (Å²) in [5, 5.41) is 10.6. The zero-order valence-corrected chi connectivity index (χ0v) is 16.5. The molecule has 3 aromatic rings. The molecule has 0 saturated carbocycles. The minimum Gasteiger partial charge on any atom is -0.497 e. The summed E-state index contributed by atoms with van der Waals surface area (Å²) in [6, 6.07) is 10.2. The molecule has 27 heavy (non-hydrogen) atoms. The fourth-order valence-electron chi connectivity index (χ4n) is 3.73. The lowest BCUT2D eigenvalue weighted by atomic mass is 10.0. The molecule has 0 amide bonds. The van der Waals surface area contributed by atoms with Gasteiger partial charge in [-0.15, -0.1) is 21.5 Å². The van der Waals surface area contributed by atoms with Crippen LogP contribution in [-0.2, 0) is 0 Å². The molecule has 6 nitrogen and oxygen atoms in total. The summed E-state index contributed by atoms with van der Waals surface area (Å²) < 4.78 is 17.0. The number of ether oxygens (including phenoxy) is 2. The first-order valence-electron chi connectivity index (χ1n) is 9.06. The molecule has 142 valence electrons. The molecule has 3 heterocycles. The van der Waals surface area contributed by atoms with Gasteiger partial charge in [-0.3, -0.25) is 4.90 Å². The van der Waals surface area contributed by atoms with Gasteiger partial charge in [0.2, 0.25) is 5.89 Å². The van der Waals surface area contributed by atoms with E-state index in [1.807, 2.05) is 29.6 Å². The molecule has 0 aliphatic carbocycles. The molecule has 0 radical (unpaired) electrons. The Morgan fingerprint density at radius 3 is 2.85 bits per heavy atom. The average Bonchev–Trinajstić information content (AvgIpc) is 3.47. The first kappa shape index (κ1) is 18.0. The van der Waals surface area contributed by atoms with Gasteiger partial charge in [-0.1, -0.05) is 6.07 Å². The minimum atomic E-state index is 0.0228. The maximum atomic E-state index is 5.98. The van der Waals surface area contributed by atoms with E-state index in [0.29, 0.717) is 11.8 Å². The number of benzene rings is 1. The molecular formula is C20H23N3O3S. The quantitative estimate of drug-likeness (QED) is 0.612. The van der Waals surface area contributed by atoms with Gasteiger partial charge in [0.15, 0.2) is 0 Å². The summed E-state index contributed by atoms with van der Waals surface area (Å²) in [5.41, 5.74) is 1.14. The molecule has 2 atom stereocenters. The molecule has 7 heteroatoms. The second-order valence-corrected chi connectivity index (χ2v) is 7.55. The van der Waals surface area contributed by atoms with Crippen molar-refractivity contribution in [3.05, 3.63) is 47.2 Å². The third kappa shape index (κ3) is 3.44. The predicted octanol–water partition coefficient (Wildman–Crippen LogP) is 4.71. The predicted molar refractivity (Wildman–Crippen MR) is 104 cm³/mol. The van der Waals surface area contributed by atoms with E-state index in [2.05, 4.69) is 28.1 Å². The Morgan fingerprint density at radius 1 is 1.22 bits per heavy atom. The second kappa shape index (κ2) is 7.70. The van der Waals surface area contributed by atoms with Crippen molar-refractivity contribution in [1.82, 2.24) is 15.1 Å². The standard InChI is InChI=1S/C20H23N3O3S/c1-13(19-21-22-20(26-19)18-7-5-11-27-18)23-10-4-6-16(23)15-12-14(24-2)8-9-17(15)25-3/h5,7-9,11-13,16H,4,6,10H2,1-3H3/t13-,16-/m0/s1. The highest BCUT2D eigenvalue weighted by molar-refractivity contribution is 7.13. The van der Waals surface area contributed by atoms with Crippen LogP contribution in [0.4, 0.5) is 0 Å². The highest BCUT2D eigenvalue weighted by Gasteiger charge is 2.34. The molecule has 1 aliphatic rings. The SMILES string of the molecule is COc1ccc(OC)c([C@@H]2CCCN2[C@@H](C)c2nnc(-c3cccs3)o2)c1. The zero-order chi connectivity index (χ0) is 18.8. The van der Waals surface area contributed by atoms with E-state index in [0.717, 1.165) is 41.3 Å². The number of hydrogen-bond donors (Lipinski definition) is 0. The molecule has 1 aliphatic heterocycles. The van der Waals surface area contributed by atoms with Gasteiger partial charge >= 0.3 is 0 Å². The highest BCUT2D eigenvalue weighted by atomic mass is 32.1. The van der Waals surface area contributed by atoms with Crippen molar-refractivity contribution in [3.63, 3.8) is 0 Å². The van der Waals surface area contributed by atoms with Gasteiger partial charge in [0.25, 0.3) is 5.89 Å². The van der Waals surface area contributed by atoms with Crippen molar-refractivity contribution in [2.45, 2.75) is 31.8 Å². The van der Waals surface area contributed by atoms with E-state index >= 15 is 0 Å². The fourth-order valence-corrected chi connectivity index (χ4v) is 4.38. The van der Waals surface area contributed by atoms with Crippen LogP contribution in [0, 0.1) is 0 Å². The summed E-state index contributed by atoms with van der Waals surface area (Å²) >= 11 is 1.60. The molecule has 1 fully saturated rings. The highest BCUT2D eigenvalue weighted by Crippen LogP contribution is 2.43. The van der Waals surface area contributed by atoms with Gasteiger partial charge in [0.1, 0.15) is 11.5 Å². The van der Waals surface area contributed by atoms with Crippen LogP contribution in [0.1, 0.15) is 43.3 Å². The van der Waals surface area contributed by atoms with Gasteiger partial charge in [0.05, 0.1) is 25.1 Å². The van der Waals surface area contributed by atoms with Crippen molar-refractivity contribution in [2.24, 2.45) is 0 Å². The van der Waals surface area contributed by atoms with Crippen LogP contribution in [-0.4, -0.2) is 35.9 Å². The lowest BCUT2D eigenvalue weighted by molar-refractivity contribution is 0.166. The lowest BCUT2D eigenvalue weighted by Crippen LogP contribution is -2.27. The maximum absolute atomic E-state index is 5.98. The second-order valence-electron chi connectivity index (χ2n) is 6.60. The molecule has 0 unspecified atom stereocenters. The van der Waals surface area contributed by atoms with Gasteiger partial charge in [-0.25, -0.2) is 0 Å². The lowest BCUT2D eigenvalue weighted by Gasteiger charge is -2.29. The number of nitrogens with zero attached hydrogens (tertiary/aromatic N) is 3. The van der Waals surface area contributed by atoms with E-state index in [9.17, 15) is 0 Å². The normalized spacial score (nSPS) is 18.6. The Bertz CT molecular complexity index is 894.